The third kappa shape index (κ3) is 3.72. The van der Waals surface area contributed by atoms with Crippen LogP contribution in [0.4, 0.5) is 0 Å². The molecule has 5 heteroatoms. The molecular formula is C41H23N3O2. The molecule has 10 aromatic rings. The molecular weight excluding hydrogens is 566 g/mol. The lowest BCUT2D eigenvalue weighted by atomic mass is 10.0. The summed E-state index contributed by atoms with van der Waals surface area (Å²) in [5.74, 6) is 1.82. The van der Waals surface area contributed by atoms with Gasteiger partial charge in [0.05, 0.1) is 0 Å². The van der Waals surface area contributed by atoms with Gasteiger partial charge in [-0.1, -0.05) is 109 Å². The smallest absolute Gasteiger partial charge is 0.164 e. The maximum Gasteiger partial charge on any atom is 0.164 e. The van der Waals surface area contributed by atoms with E-state index in [-0.39, 0.29) is 0 Å². The largest absolute Gasteiger partial charge is 0.456 e. The van der Waals surface area contributed by atoms with Gasteiger partial charge in [0.2, 0.25) is 0 Å². The molecule has 0 bridgehead atoms. The molecule has 5 nitrogen and oxygen atoms in total. The molecule has 0 spiro atoms. The van der Waals surface area contributed by atoms with Gasteiger partial charge in [-0.3, -0.25) is 0 Å². The molecule has 0 aliphatic rings. The number of nitrogens with zero attached hydrogens (tertiary/aromatic N) is 3. The van der Waals surface area contributed by atoms with Gasteiger partial charge in [0, 0.05) is 38.2 Å². The second-order valence-corrected chi connectivity index (χ2v) is 11.6. The number of para-hydroxylation sites is 2. The predicted molar refractivity (Wildman–Crippen MR) is 186 cm³/mol. The molecule has 3 heterocycles. The van der Waals surface area contributed by atoms with Crippen LogP contribution in [0.2, 0.25) is 0 Å². The van der Waals surface area contributed by atoms with Crippen molar-refractivity contribution in [2.45, 2.75) is 0 Å². The first-order valence-electron chi connectivity index (χ1n) is 15.3. The van der Waals surface area contributed by atoms with E-state index in [1.807, 2.05) is 48.5 Å². The molecule has 0 saturated heterocycles. The number of fused-ring (bicyclic) bond motifs is 9. The van der Waals surface area contributed by atoms with Crippen LogP contribution in [0, 0.1) is 0 Å². The highest BCUT2D eigenvalue weighted by molar-refractivity contribution is 6.19. The van der Waals surface area contributed by atoms with Crippen molar-refractivity contribution in [2.75, 3.05) is 0 Å². The molecule has 0 fully saturated rings. The van der Waals surface area contributed by atoms with Gasteiger partial charge in [0.15, 0.2) is 17.5 Å². The zero-order valence-electron chi connectivity index (χ0n) is 24.4. The van der Waals surface area contributed by atoms with E-state index in [0.29, 0.717) is 17.5 Å². The maximum atomic E-state index is 6.24. The molecule has 0 N–H and O–H groups in total. The molecule has 0 saturated carbocycles. The van der Waals surface area contributed by atoms with Crippen LogP contribution >= 0.6 is 0 Å². The lowest BCUT2D eigenvalue weighted by molar-refractivity contribution is 0.668. The Morgan fingerprint density at radius 1 is 0.348 bits per heavy atom. The molecule has 7 aromatic carbocycles. The molecule has 0 radical (unpaired) electrons. The van der Waals surface area contributed by atoms with Crippen LogP contribution in [-0.2, 0) is 0 Å². The van der Waals surface area contributed by atoms with E-state index < -0.39 is 0 Å². The van der Waals surface area contributed by atoms with Crippen LogP contribution in [0.1, 0.15) is 0 Å². The maximum absolute atomic E-state index is 6.24. The van der Waals surface area contributed by atoms with Gasteiger partial charge in [-0.15, -0.1) is 0 Å². The van der Waals surface area contributed by atoms with Crippen LogP contribution in [0.3, 0.4) is 0 Å². The quantitative estimate of drug-likeness (QED) is 0.205. The molecule has 46 heavy (non-hydrogen) atoms. The average Bonchev–Trinajstić information content (AvgIpc) is 3.70. The lowest BCUT2D eigenvalue weighted by Crippen LogP contribution is -2.01. The standard InChI is InChI=1S/C41H23N3O2/c1-2-11-27-24(9-1)10-7-14-28(27)40-42-39(43-41(44-40)31-15-8-18-35-37(31)29-12-3-5-16-33(29)45-35)26-20-19-25-21-22-36-38(32(25)23-26)30-13-4-6-17-34(30)46-36/h1-23H. The fourth-order valence-electron chi connectivity index (χ4n) is 6.81. The zero-order chi connectivity index (χ0) is 30.2. The Kier molecular flexibility index (Phi) is 5.22. The van der Waals surface area contributed by atoms with Crippen molar-refractivity contribution >= 4 is 65.4 Å². The number of benzene rings is 7. The van der Waals surface area contributed by atoms with Crippen LogP contribution in [0.25, 0.3) is 99.6 Å². The highest BCUT2D eigenvalue weighted by atomic mass is 16.3. The van der Waals surface area contributed by atoms with E-state index in [2.05, 4.69) is 91.0 Å². The average molecular weight is 590 g/mol. The van der Waals surface area contributed by atoms with Crippen LogP contribution in [0.15, 0.2) is 148 Å². The fraction of sp³-hybridized carbons (Fsp3) is 0. The Bertz CT molecular complexity index is 2820. The monoisotopic (exact) mass is 589 g/mol. The Morgan fingerprint density at radius 3 is 1.72 bits per heavy atom. The van der Waals surface area contributed by atoms with Gasteiger partial charge in [-0.25, -0.2) is 15.0 Å². The number of rotatable bonds is 3. The highest BCUT2D eigenvalue weighted by Gasteiger charge is 2.19. The topological polar surface area (TPSA) is 65.0 Å². The van der Waals surface area contributed by atoms with E-state index in [1.165, 1.54) is 0 Å². The Balaban J connectivity index is 1.27. The van der Waals surface area contributed by atoms with Gasteiger partial charge >= 0.3 is 0 Å². The van der Waals surface area contributed by atoms with Crippen molar-refractivity contribution in [3.05, 3.63) is 140 Å². The van der Waals surface area contributed by atoms with Crippen molar-refractivity contribution in [1.29, 1.82) is 0 Å². The molecule has 0 amide bonds. The van der Waals surface area contributed by atoms with Crippen molar-refractivity contribution in [1.82, 2.24) is 15.0 Å². The first-order chi connectivity index (χ1) is 22.8. The second kappa shape index (κ2) is 9.58. The second-order valence-electron chi connectivity index (χ2n) is 11.6. The molecule has 0 aliphatic heterocycles. The summed E-state index contributed by atoms with van der Waals surface area (Å²) in [6.07, 6.45) is 0. The summed E-state index contributed by atoms with van der Waals surface area (Å²) in [4.78, 5) is 15.5. The summed E-state index contributed by atoms with van der Waals surface area (Å²) >= 11 is 0. The molecule has 3 aromatic heterocycles. The van der Waals surface area contributed by atoms with E-state index in [1.54, 1.807) is 0 Å². The van der Waals surface area contributed by atoms with Gasteiger partial charge in [0.1, 0.15) is 22.3 Å². The Morgan fingerprint density at radius 2 is 0.891 bits per heavy atom. The third-order valence-electron chi connectivity index (χ3n) is 8.93. The minimum atomic E-state index is 0.595. The summed E-state index contributed by atoms with van der Waals surface area (Å²) < 4.78 is 12.5. The van der Waals surface area contributed by atoms with Gasteiger partial charge in [-0.05, 0) is 51.9 Å². The summed E-state index contributed by atoms with van der Waals surface area (Å²) in [6.45, 7) is 0. The van der Waals surface area contributed by atoms with Gasteiger partial charge in [0.25, 0.3) is 0 Å². The summed E-state index contributed by atoms with van der Waals surface area (Å²) in [5, 5.41) is 8.64. The highest BCUT2D eigenvalue weighted by Crippen LogP contribution is 2.39. The van der Waals surface area contributed by atoms with E-state index in [9.17, 15) is 0 Å². The van der Waals surface area contributed by atoms with E-state index in [4.69, 9.17) is 23.8 Å². The fourth-order valence-corrected chi connectivity index (χ4v) is 6.81. The molecule has 0 atom stereocenters. The SMILES string of the molecule is c1ccc2c(-c3nc(-c4ccc5ccc6oc7ccccc7c6c5c4)nc(-c4cccc5oc6ccccc6c45)n3)cccc2c1. The number of hydrogen-bond acceptors (Lipinski definition) is 5. The van der Waals surface area contributed by atoms with E-state index >= 15 is 0 Å². The number of aromatic nitrogens is 3. The minimum absolute atomic E-state index is 0.595. The predicted octanol–water partition coefficient (Wildman–Crippen LogP) is 11.0. The summed E-state index contributed by atoms with van der Waals surface area (Å²) in [5.41, 5.74) is 6.12. The van der Waals surface area contributed by atoms with E-state index in [0.717, 1.165) is 82.1 Å². The van der Waals surface area contributed by atoms with Crippen molar-refractivity contribution in [3.8, 4) is 34.2 Å². The lowest BCUT2D eigenvalue weighted by Gasteiger charge is -2.11. The summed E-state index contributed by atoms with van der Waals surface area (Å²) in [7, 11) is 0. The Hall–Kier alpha value is -6.33. The molecule has 10 rings (SSSR count). The zero-order valence-corrected chi connectivity index (χ0v) is 24.4. The van der Waals surface area contributed by atoms with Crippen LogP contribution in [0.5, 0.6) is 0 Å². The third-order valence-corrected chi connectivity index (χ3v) is 8.93. The van der Waals surface area contributed by atoms with Crippen LogP contribution < -0.4 is 0 Å². The summed E-state index contributed by atoms with van der Waals surface area (Å²) in [6, 6.07) is 47.5. The molecule has 214 valence electrons. The minimum Gasteiger partial charge on any atom is -0.456 e. The van der Waals surface area contributed by atoms with Crippen LogP contribution in [-0.4, -0.2) is 15.0 Å². The van der Waals surface area contributed by atoms with Crippen molar-refractivity contribution in [2.24, 2.45) is 0 Å². The number of hydrogen-bond donors (Lipinski definition) is 0. The molecule has 0 aliphatic carbocycles. The first kappa shape index (κ1) is 25.0. The number of furan rings is 2. The Labute approximate surface area is 262 Å². The first-order valence-corrected chi connectivity index (χ1v) is 15.3. The van der Waals surface area contributed by atoms with Crippen molar-refractivity contribution in [3.63, 3.8) is 0 Å². The van der Waals surface area contributed by atoms with Gasteiger partial charge in [-0.2, -0.15) is 0 Å². The normalized spacial score (nSPS) is 11.9. The van der Waals surface area contributed by atoms with Crippen molar-refractivity contribution < 1.29 is 8.83 Å². The molecule has 0 unspecified atom stereocenters. The van der Waals surface area contributed by atoms with Gasteiger partial charge < -0.3 is 8.83 Å².